The fourth-order valence-electron chi connectivity index (χ4n) is 8.82. The highest BCUT2D eigenvalue weighted by Gasteiger charge is 2.79. The van der Waals surface area contributed by atoms with Gasteiger partial charge in [0.1, 0.15) is 12.8 Å². The number of aliphatic hydroxyl groups is 2. The zero-order valence-corrected chi connectivity index (χ0v) is 21.1. The maximum Gasteiger partial charge on any atom is 0.192 e. The predicted octanol–water partition coefficient (Wildman–Crippen LogP) is 3.28. The Kier molecular flexibility index (Phi) is 5.50. The van der Waals surface area contributed by atoms with E-state index in [1.54, 1.807) is 12.0 Å². The molecule has 0 amide bonds. The third kappa shape index (κ3) is 3.04. The summed E-state index contributed by atoms with van der Waals surface area (Å²) >= 11 is 0. The van der Waals surface area contributed by atoms with Crippen LogP contribution in [0.3, 0.4) is 0 Å². The van der Waals surface area contributed by atoms with E-state index in [9.17, 15) is 19.8 Å². The lowest BCUT2D eigenvalue weighted by atomic mass is 9.44. The van der Waals surface area contributed by atoms with Gasteiger partial charge in [-0.3, -0.25) is 14.4 Å². The highest BCUT2D eigenvalue weighted by molar-refractivity contribution is 6.01. The smallest absolute Gasteiger partial charge is 0.192 e. The number of nitrogens with zero attached hydrogens (tertiary/aromatic N) is 1. The number of halogens is 2. The summed E-state index contributed by atoms with van der Waals surface area (Å²) in [5.41, 5.74) is -5.07. The van der Waals surface area contributed by atoms with Crippen molar-refractivity contribution in [3.63, 3.8) is 0 Å². The van der Waals surface area contributed by atoms with E-state index in [-0.39, 0.29) is 30.1 Å². The van der Waals surface area contributed by atoms with Crippen LogP contribution in [0.5, 0.6) is 0 Å². The molecule has 198 valence electrons. The minimum atomic E-state index is -2.21. The summed E-state index contributed by atoms with van der Waals surface area (Å²) in [5, 5.41) is 23.3. The molecule has 4 fully saturated rings. The second kappa shape index (κ2) is 8.12. The molecule has 0 unspecified atom stereocenters. The van der Waals surface area contributed by atoms with Crippen LogP contribution in [0, 0.1) is 28.6 Å². The summed E-state index contributed by atoms with van der Waals surface area (Å²) in [6, 6.07) is 9.68. The van der Waals surface area contributed by atoms with Gasteiger partial charge in [-0.1, -0.05) is 43.3 Å². The Morgan fingerprint density at radius 3 is 2.62 bits per heavy atom. The van der Waals surface area contributed by atoms with Crippen molar-refractivity contribution in [2.45, 2.75) is 63.2 Å². The van der Waals surface area contributed by atoms with Crippen LogP contribution in [0.2, 0.25) is 0 Å². The normalized spacial score (nSPS) is 46.6. The zero-order chi connectivity index (χ0) is 26.4. The number of hydrogen-bond acceptors (Lipinski definition) is 6. The molecule has 3 saturated carbocycles. The van der Waals surface area contributed by atoms with E-state index in [1.807, 2.05) is 37.3 Å². The van der Waals surface area contributed by atoms with E-state index in [0.717, 1.165) is 5.56 Å². The maximum atomic E-state index is 17.4. The lowest BCUT2D eigenvalue weighted by molar-refractivity contribution is -0.269. The van der Waals surface area contributed by atoms with Crippen LogP contribution in [-0.2, 0) is 21.0 Å². The first-order chi connectivity index (χ1) is 17.5. The molecule has 5 aliphatic rings. The van der Waals surface area contributed by atoms with Crippen molar-refractivity contribution in [2.75, 3.05) is 13.2 Å². The van der Waals surface area contributed by atoms with E-state index in [0.29, 0.717) is 19.5 Å². The van der Waals surface area contributed by atoms with E-state index in [4.69, 9.17) is 4.84 Å². The average Bonchev–Trinajstić information content (AvgIpc) is 3.34. The largest absolute Gasteiger partial charge is 0.390 e. The van der Waals surface area contributed by atoms with Gasteiger partial charge >= 0.3 is 0 Å². The van der Waals surface area contributed by atoms with Gasteiger partial charge in [0.2, 0.25) is 0 Å². The number of allylic oxidation sites excluding steroid dienone is 4. The number of alkyl halides is 2. The van der Waals surface area contributed by atoms with Crippen LogP contribution >= 0.6 is 0 Å². The number of carbonyl (C=O) groups excluding carboxylic acids is 2. The Morgan fingerprint density at radius 1 is 1.19 bits per heavy atom. The number of fused-ring (bicyclic) bond motifs is 7. The number of Topliss-reactive ketones (excluding diaryl/α,β-unsaturated/α-hetero) is 1. The van der Waals surface area contributed by atoms with Crippen molar-refractivity contribution in [1.82, 2.24) is 5.06 Å². The number of carbonyl (C=O) groups is 2. The van der Waals surface area contributed by atoms with Crippen molar-refractivity contribution >= 4 is 11.6 Å². The van der Waals surface area contributed by atoms with Crippen molar-refractivity contribution < 1.29 is 33.4 Å². The zero-order valence-electron chi connectivity index (χ0n) is 21.1. The van der Waals surface area contributed by atoms with E-state index in [2.05, 4.69) is 0 Å². The summed E-state index contributed by atoms with van der Waals surface area (Å²) in [5.74, 6) is -2.56. The minimum absolute atomic E-state index is 0.0750. The maximum absolute atomic E-state index is 17.4. The molecule has 9 atom stereocenters. The molecule has 6 rings (SSSR count). The molecule has 1 aromatic carbocycles. The summed E-state index contributed by atoms with van der Waals surface area (Å²) in [6.07, 6.45) is 0.944. The summed E-state index contributed by atoms with van der Waals surface area (Å²) in [6.45, 7) is 3.51. The number of rotatable bonds is 4. The molecule has 0 bridgehead atoms. The predicted molar refractivity (Wildman–Crippen MR) is 130 cm³/mol. The lowest BCUT2D eigenvalue weighted by Gasteiger charge is -2.63. The van der Waals surface area contributed by atoms with E-state index >= 15 is 8.78 Å². The first-order valence-electron chi connectivity index (χ1n) is 13.1. The summed E-state index contributed by atoms with van der Waals surface area (Å²) < 4.78 is 33.0. The molecule has 0 radical (unpaired) electrons. The van der Waals surface area contributed by atoms with E-state index < -0.39 is 58.6 Å². The number of hydrogen-bond donors (Lipinski definition) is 2. The third-order valence-corrected chi connectivity index (χ3v) is 10.4. The quantitative estimate of drug-likeness (QED) is 0.643. The second-order valence-electron chi connectivity index (χ2n) is 12.0. The van der Waals surface area contributed by atoms with Crippen molar-refractivity contribution in [1.29, 1.82) is 0 Å². The number of hydroxylamine groups is 2. The molecule has 37 heavy (non-hydrogen) atoms. The Balaban J connectivity index is 1.41. The molecular formula is C29H33F2NO5. The second-order valence-corrected chi connectivity index (χ2v) is 12.0. The summed E-state index contributed by atoms with van der Waals surface area (Å²) in [7, 11) is 0. The molecule has 6 nitrogen and oxygen atoms in total. The van der Waals surface area contributed by atoms with Gasteiger partial charge in [0.05, 0.1) is 6.10 Å². The Bertz CT molecular complexity index is 1200. The monoisotopic (exact) mass is 513 g/mol. The first kappa shape index (κ1) is 25.0. The number of benzene rings is 1. The lowest BCUT2D eigenvalue weighted by Crippen LogP contribution is -2.70. The van der Waals surface area contributed by atoms with Gasteiger partial charge in [-0.05, 0) is 55.4 Å². The molecule has 4 aliphatic carbocycles. The summed E-state index contributed by atoms with van der Waals surface area (Å²) in [4.78, 5) is 32.0. The molecule has 1 saturated heterocycles. The van der Waals surface area contributed by atoms with Gasteiger partial charge in [0.25, 0.3) is 0 Å². The Hall–Kier alpha value is -2.26. The Labute approximate surface area is 214 Å². The van der Waals surface area contributed by atoms with Crippen LogP contribution in [-0.4, -0.2) is 63.5 Å². The van der Waals surface area contributed by atoms with Crippen molar-refractivity contribution in [3.8, 4) is 0 Å². The molecule has 8 heteroatoms. The molecule has 0 aromatic heterocycles. The van der Waals surface area contributed by atoms with E-state index in [1.165, 1.54) is 18.2 Å². The third-order valence-electron chi connectivity index (χ3n) is 10.4. The topological polar surface area (TPSA) is 87.1 Å². The molecule has 0 spiro atoms. The van der Waals surface area contributed by atoms with Crippen LogP contribution in [0.15, 0.2) is 54.1 Å². The molecule has 1 heterocycles. The van der Waals surface area contributed by atoms with Crippen LogP contribution in [0.25, 0.3) is 0 Å². The van der Waals surface area contributed by atoms with Gasteiger partial charge in [-0.2, -0.15) is 5.06 Å². The van der Waals surface area contributed by atoms with Crippen LogP contribution in [0.1, 0.15) is 38.7 Å². The van der Waals surface area contributed by atoms with Gasteiger partial charge in [-0.15, -0.1) is 0 Å². The van der Waals surface area contributed by atoms with Gasteiger partial charge in [0.15, 0.2) is 22.8 Å². The van der Waals surface area contributed by atoms with Gasteiger partial charge in [0, 0.05) is 35.8 Å². The molecule has 2 N–H and O–H groups in total. The highest BCUT2D eigenvalue weighted by atomic mass is 19.1. The first-order valence-corrected chi connectivity index (χ1v) is 13.1. The van der Waals surface area contributed by atoms with Crippen LogP contribution in [0.4, 0.5) is 8.78 Å². The standard InChI is InChI=1S/C29H33F2NO5/c1-26-9-8-19(34)11-22(26)23(30)12-21-20-10-18-15-32(14-17-6-4-3-5-7-17)37-29(18,25(36)16-33)27(20,2)13-24(35)28(21,26)31/h3-9,11,18,20-21,23-24,33,35H,10,12-16H2,1-2H3/t18-,20-,21-,23-,24-,26-,27-,28-,29-/m0/s1. The van der Waals surface area contributed by atoms with Crippen LogP contribution < -0.4 is 0 Å². The fourth-order valence-corrected chi connectivity index (χ4v) is 8.82. The Morgan fingerprint density at radius 2 is 1.92 bits per heavy atom. The molecular weight excluding hydrogens is 480 g/mol. The minimum Gasteiger partial charge on any atom is -0.390 e. The average molecular weight is 514 g/mol. The fraction of sp³-hybridized carbons (Fsp3) is 0.586. The van der Waals surface area contributed by atoms with Crippen molar-refractivity contribution in [3.05, 3.63) is 59.7 Å². The van der Waals surface area contributed by atoms with Crippen molar-refractivity contribution in [2.24, 2.45) is 28.6 Å². The molecule has 1 aliphatic heterocycles. The highest BCUT2D eigenvalue weighted by Crippen LogP contribution is 2.72. The van der Waals surface area contributed by atoms with Gasteiger partial charge < -0.3 is 10.2 Å². The SMILES string of the molecule is C[C@]12C=CC(=O)C=C1[C@@H](F)C[C@H]1[C@@H]3C[C@H]4CN(Cc5ccccc5)O[C@@]4(C(=O)CO)[C@@]3(C)C[C@H](O)[C@@]12F. The number of aliphatic hydroxyl groups excluding tert-OH is 2. The van der Waals surface area contributed by atoms with Gasteiger partial charge in [-0.25, -0.2) is 8.78 Å². The molecule has 1 aromatic rings. The number of ketones is 2.